The molecule has 7 nitrogen and oxygen atoms in total. The topological polar surface area (TPSA) is 79.0 Å². The molecule has 0 spiro atoms. The summed E-state index contributed by atoms with van der Waals surface area (Å²) in [5.74, 6) is 2.02. The minimum Gasteiger partial charge on any atom is -0.497 e. The van der Waals surface area contributed by atoms with Gasteiger partial charge in [-0.1, -0.05) is 0 Å². The number of benzene rings is 1. The molecule has 0 aliphatic carbocycles. The molecule has 24 heavy (non-hydrogen) atoms. The van der Waals surface area contributed by atoms with E-state index in [0.717, 1.165) is 36.4 Å². The molecule has 1 aliphatic heterocycles. The van der Waals surface area contributed by atoms with Gasteiger partial charge in [0, 0.05) is 11.6 Å². The summed E-state index contributed by atoms with van der Waals surface area (Å²) in [6.45, 7) is 0.742. The van der Waals surface area contributed by atoms with Crippen LogP contribution < -0.4 is 19.4 Å². The smallest absolute Gasteiger partial charge is 0.357 e. The van der Waals surface area contributed by atoms with Crippen molar-refractivity contribution in [2.45, 2.75) is 18.9 Å². The number of hydrogen-bond donors (Lipinski definition) is 0. The molecule has 1 aromatic heterocycles. The summed E-state index contributed by atoms with van der Waals surface area (Å²) < 4.78 is 10.8. The van der Waals surface area contributed by atoms with Crippen molar-refractivity contribution in [2.75, 3.05) is 25.7 Å². The Hall–Kier alpha value is -2.83. The van der Waals surface area contributed by atoms with E-state index in [1.165, 1.54) is 6.07 Å². The van der Waals surface area contributed by atoms with Crippen LogP contribution in [0.5, 0.6) is 11.5 Å². The third-order valence-electron chi connectivity index (χ3n) is 4.35. The largest absolute Gasteiger partial charge is 0.497 e. The van der Waals surface area contributed by atoms with E-state index in [9.17, 15) is 10.1 Å². The first kappa shape index (κ1) is 16.0. The highest BCUT2D eigenvalue weighted by Crippen LogP contribution is 2.42. The fourth-order valence-corrected chi connectivity index (χ4v) is 3.25. The van der Waals surface area contributed by atoms with E-state index in [-0.39, 0.29) is 16.7 Å². The van der Waals surface area contributed by atoms with E-state index in [0.29, 0.717) is 5.82 Å². The lowest BCUT2D eigenvalue weighted by atomic mass is 10.0. The Bertz CT molecular complexity index is 750. The van der Waals surface area contributed by atoms with Gasteiger partial charge in [-0.15, -0.1) is 0 Å². The molecule has 1 aliphatic rings. The Balaban J connectivity index is 2.05. The fourth-order valence-electron chi connectivity index (χ4n) is 3.25. The zero-order valence-corrected chi connectivity index (χ0v) is 13.7. The second-order valence-corrected chi connectivity index (χ2v) is 5.62. The lowest BCUT2D eigenvalue weighted by Crippen LogP contribution is -2.29. The molecular formula is C17H20N3O4+. The van der Waals surface area contributed by atoms with E-state index in [4.69, 9.17) is 9.47 Å². The van der Waals surface area contributed by atoms with Crippen LogP contribution in [0.2, 0.25) is 0 Å². The first-order chi connectivity index (χ1) is 11.7. The van der Waals surface area contributed by atoms with Crippen LogP contribution in [0.15, 0.2) is 36.5 Å². The molecule has 0 saturated carbocycles. The van der Waals surface area contributed by atoms with Crippen LogP contribution in [-0.2, 0) is 0 Å². The van der Waals surface area contributed by atoms with Gasteiger partial charge in [0.1, 0.15) is 17.5 Å². The molecule has 2 heterocycles. The number of ether oxygens (including phenoxy) is 2. The first-order valence-corrected chi connectivity index (χ1v) is 7.79. The van der Waals surface area contributed by atoms with Crippen molar-refractivity contribution in [1.29, 1.82) is 0 Å². The van der Waals surface area contributed by atoms with Gasteiger partial charge in [0.2, 0.25) is 0 Å². The van der Waals surface area contributed by atoms with Crippen molar-refractivity contribution in [3.8, 4) is 11.5 Å². The van der Waals surface area contributed by atoms with Crippen molar-refractivity contribution in [3.05, 3.63) is 52.2 Å². The monoisotopic (exact) mass is 330 g/mol. The number of H-pyrrole nitrogens is 1. The fraction of sp³-hybridized carbons (Fsp3) is 0.353. The summed E-state index contributed by atoms with van der Waals surface area (Å²) >= 11 is 0. The Morgan fingerprint density at radius 1 is 1.29 bits per heavy atom. The second-order valence-electron chi connectivity index (χ2n) is 5.62. The number of nitrogens with zero attached hydrogens (tertiary/aromatic N) is 2. The summed E-state index contributed by atoms with van der Waals surface area (Å²) in [5, 5.41) is 11.4. The minimum absolute atomic E-state index is 0.00704. The quantitative estimate of drug-likeness (QED) is 0.622. The van der Waals surface area contributed by atoms with Gasteiger partial charge < -0.3 is 9.47 Å². The number of hydrogen-bond acceptors (Lipinski definition) is 5. The maximum absolute atomic E-state index is 11.4. The number of nitrogens with one attached hydrogen (secondary N) is 1. The number of aromatic nitrogens is 1. The first-order valence-electron chi connectivity index (χ1n) is 7.79. The zero-order chi connectivity index (χ0) is 17.1. The van der Waals surface area contributed by atoms with Gasteiger partial charge in [-0.2, -0.15) is 0 Å². The molecule has 1 fully saturated rings. The normalized spacial score (nSPS) is 16.9. The highest BCUT2D eigenvalue weighted by Gasteiger charge is 2.39. The molecule has 1 N–H and O–H groups in total. The van der Waals surface area contributed by atoms with Gasteiger partial charge in [0.05, 0.1) is 31.9 Å². The summed E-state index contributed by atoms with van der Waals surface area (Å²) in [7, 11) is 3.25. The van der Waals surface area contributed by atoms with Gasteiger partial charge >= 0.3 is 11.5 Å². The Morgan fingerprint density at radius 2 is 2.12 bits per heavy atom. The summed E-state index contributed by atoms with van der Waals surface area (Å²) in [5.41, 5.74) is 1.05. The maximum atomic E-state index is 11.4. The van der Waals surface area contributed by atoms with E-state index < -0.39 is 0 Å². The average molecular weight is 330 g/mol. The third-order valence-corrected chi connectivity index (χ3v) is 4.35. The van der Waals surface area contributed by atoms with Crippen LogP contribution in [0.4, 0.5) is 11.5 Å². The van der Waals surface area contributed by atoms with Crippen LogP contribution in [0.3, 0.4) is 0 Å². The van der Waals surface area contributed by atoms with Crippen LogP contribution in [0, 0.1) is 10.1 Å². The Labute approximate surface area is 140 Å². The van der Waals surface area contributed by atoms with Crippen LogP contribution >= 0.6 is 0 Å². The molecule has 2 aromatic rings. The molecule has 126 valence electrons. The number of nitro groups is 1. The molecule has 0 radical (unpaired) electrons. The molecule has 0 bridgehead atoms. The number of aromatic amines is 1. The predicted molar refractivity (Wildman–Crippen MR) is 88.5 cm³/mol. The number of rotatable bonds is 5. The number of pyridine rings is 1. The number of anilines is 1. The van der Waals surface area contributed by atoms with E-state index in [1.807, 2.05) is 23.1 Å². The molecule has 3 rings (SSSR count). The zero-order valence-electron chi connectivity index (χ0n) is 13.7. The van der Waals surface area contributed by atoms with Crippen molar-refractivity contribution >= 4 is 11.5 Å². The van der Waals surface area contributed by atoms with Crippen molar-refractivity contribution in [2.24, 2.45) is 0 Å². The van der Waals surface area contributed by atoms with Gasteiger partial charge in [-0.05, 0) is 37.1 Å². The summed E-state index contributed by atoms with van der Waals surface area (Å²) in [6.07, 6.45) is 3.55. The van der Waals surface area contributed by atoms with Gasteiger partial charge in [0.15, 0.2) is 0 Å². The van der Waals surface area contributed by atoms with Gasteiger partial charge in [-0.3, -0.25) is 10.1 Å². The van der Waals surface area contributed by atoms with Gasteiger partial charge in [-0.25, -0.2) is 9.88 Å². The summed E-state index contributed by atoms with van der Waals surface area (Å²) in [4.78, 5) is 16.1. The number of methoxy groups -OCH3 is 2. The molecule has 1 saturated heterocycles. The van der Waals surface area contributed by atoms with E-state index >= 15 is 0 Å². The van der Waals surface area contributed by atoms with Crippen molar-refractivity contribution in [1.82, 2.24) is 0 Å². The average Bonchev–Trinajstić information content (AvgIpc) is 3.10. The third kappa shape index (κ3) is 2.84. The minimum atomic E-state index is -0.357. The maximum Gasteiger partial charge on any atom is 0.357 e. The second kappa shape index (κ2) is 6.74. The van der Waals surface area contributed by atoms with Crippen LogP contribution in [0.1, 0.15) is 24.4 Å². The van der Waals surface area contributed by atoms with Crippen LogP contribution in [-0.4, -0.2) is 25.7 Å². The molecule has 7 heteroatoms. The Morgan fingerprint density at radius 3 is 2.83 bits per heavy atom. The van der Waals surface area contributed by atoms with Crippen molar-refractivity contribution < 1.29 is 19.4 Å². The van der Waals surface area contributed by atoms with E-state index in [1.54, 1.807) is 26.5 Å². The highest BCUT2D eigenvalue weighted by molar-refractivity contribution is 5.57. The predicted octanol–water partition coefficient (Wildman–Crippen LogP) is 2.77. The van der Waals surface area contributed by atoms with Crippen molar-refractivity contribution in [3.63, 3.8) is 0 Å². The lowest BCUT2D eigenvalue weighted by Gasteiger charge is -2.21. The van der Waals surface area contributed by atoms with E-state index in [2.05, 4.69) is 4.98 Å². The lowest BCUT2D eigenvalue weighted by molar-refractivity contribution is -0.411. The summed E-state index contributed by atoms with van der Waals surface area (Å²) in [6, 6.07) is 8.80. The highest BCUT2D eigenvalue weighted by atomic mass is 16.6. The molecule has 0 amide bonds. The van der Waals surface area contributed by atoms with Crippen LogP contribution in [0.25, 0.3) is 0 Å². The molecule has 1 aromatic carbocycles. The van der Waals surface area contributed by atoms with Gasteiger partial charge in [0.25, 0.3) is 0 Å². The standard InChI is InChI=1S/C17H19N3O4/c1-23-12-7-8-16(24-2)13(11-12)14-6-4-10-19(14)17-15(20(21)22)5-3-9-18-17/h3,5,7-9,11,14H,4,6,10H2,1-2H3/p+1/t14-/m0/s1. The SMILES string of the molecule is COc1ccc(OC)c([C@@H]2CCCN2c2[nH+]cccc2[N+](=O)[O-])c1. The molecule has 0 unspecified atom stereocenters. The molecule has 1 atom stereocenters. The Kier molecular flexibility index (Phi) is 4.50. The molecular weight excluding hydrogens is 310 g/mol.